The maximum Gasteiger partial charge on any atom is 0.258 e. The largest absolute Gasteiger partial charge is 0.492 e. The van der Waals surface area contributed by atoms with Gasteiger partial charge in [-0.2, -0.15) is 0 Å². The first-order valence-electron chi connectivity index (χ1n) is 9.32. The summed E-state index contributed by atoms with van der Waals surface area (Å²) in [4.78, 5) is 33.9. The van der Waals surface area contributed by atoms with Gasteiger partial charge in [0.1, 0.15) is 11.6 Å². The zero-order chi connectivity index (χ0) is 19.9. The Labute approximate surface area is 163 Å². The number of hydrogen-bond donors (Lipinski definition) is 2. The molecule has 7 nitrogen and oxygen atoms in total. The highest BCUT2D eigenvalue weighted by molar-refractivity contribution is 5.93. The fraction of sp³-hybridized carbons (Fsp3) is 0.286. The third-order valence-electron chi connectivity index (χ3n) is 4.31. The number of H-pyrrole nitrogens is 1. The van der Waals surface area contributed by atoms with Crippen LogP contribution in [-0.4, -0.2) is 40.5 Å². The van der Waals surface area contributed by atoms with E-state index in [4.69, 9.17) is 4.74 Å². The summed E-state index contributed by atoms with van der Waals surface area (Å²) in [5.74, 6) is 1.02. The van der Waals surface area contributed by atoms with Crippen LogP contribution in [0.5, 0.6) is 5.75 Å². The SMILES string of the molecule is CCOc1ccccc1NC(=O)CN(CC)Cc1nc2ccccc2c(=O)[nH]1. The van der Waals surface area contributed by atoms with Crippen molar-refractivity contribution in [1.29, 1.82) is 0 Å². The summed E-state index contributed by atoms with van der Waals surface area (Å²) >= 11 is 0. The molecule has 0 aliphatic rings. The van der Waals surface area contributed by atoms with E-state index in [-0.39, 0.29) is 18.0 Å². The molecule has 28 heavy (non-hydrogen) atoms. The number of ether oxygens (including phenoxy) is 1. The minimum Gasteiger partial charge on any atom is -0.492 e. The number of para-hydroxylation sites is 3. The quantitative estimate of drug-likeness (QED) is 0.627. The number of fused-ring (bicyclic) bond motifs is 1. The van der Waals surface area contributed by atoms with Gasteiger partial charge in [-0.1, -0.05) is 31.2 Å². The lowest BCUT2D eigenvalue weighted by Crippen LogP contribution is -2.34. The molecule has 7 heteroatoms. The van der Waals surface area contributed by atoms with Crippen LogP contribution in [0.25, 0.3) is 10.9 Å². The van der Waals surface area contributed by atoms with Gasteiger partial charge in [-0.05, 0) is 37.7 Å². The second-order valence-electron chi connectivity index (χ2n) is 6.31. The standard InChI is InChI=1S/C21H24N4O3/c1-3-25(13-19-22-16-10-6-5-9-15(16)21(27)24-19)14-20(26)23-17-11-7-8-12-18(17)28-4-2/h5-12H,3-4,13-14H2,1-2H3,(H,23,26)(H,22,24,27). The number of nitrogens with one attached hydrogen (secondary N) is 2. The molecule has 0 radical (unpaired) electrons. The number of aromatic amines is 1. The number of likely N-dealkylation sites (N-methyl/N-ethyl adjacent to an activating group) is 1. The molecule has 1 heterocycles. The molecule has 1 aromatic heterocycles. The number of rotatable bonds is 8. The lowest BCUT2D eigenvalue weighted by atomic mass is 10.2. The van der Waals surface area contributed by atoms with Crippen LogP contribution in [0.2, 0.25) is 0 Å². The Morgan fingerprint density at radius 3 is 2.68 bits per heavy atom. The van der Waals surface area contributed by atoms with Gasteiger partial charge in [0.05, 0.1) is 36.3 Å². The van der Waals surface area contributed by atoms with Gasteiger partial charge in [0.25, 0.3) is 5.56 Å². The van der Waals surface area contributed by atoms with Crippen molar-refractivity contribution < 1.29 is 9.53 Å². The molecule has 2 N–H and O–H groups in total. The van der Waals surface area contributed by atoms with E-state index in [0.29, 0.717) is 47.9 Å². The average Bonchev–Trinajstić information content (AvgIpc) is 2.69. The molecule has 0 saturated heterocycles. The molecule has 0 bridgehead atoms. The van der Waals surface area contributed by atoms with Gasteiger partial charge in [0.15, 0.2) is 0 Å². The number of amides is 1. The zero-order valence-electron chi connectivity index (χ0n) is 16.1. The topological polar surface area (TPSA) is 87.3 Å². The van der Waals surface area contributed by atoms with Crippen molar-refractivity contribution in [1.82, 2.24) is 14.9 Å². The molecule has 0 atom stereocenters. The van der Waals surface area contributed by atoms with Crippen LogP contribution in [-0.2, 0) is 11.3 Å². The third kappa shape index (κ3) is 4.75. The van der Waals surface area contributed by atoms with E-state index in [9.17, 15) is 9.59 Å². The maximum atomic E-state index is 12.5. The summed E-state index contributed by atoms with van der Waals surface area (Å²) in [6.07, 6.45) is 0. The van der Waals surface area contributed by atoms with Crippen molar-refractivity contribution in [2.24, 2.45) is 0 Å². The summed E-state index contributed by atoms with van der Waals surface area (Å²) < 4.78 is 5.54. The number of aromatic nitrogens is 2. The Kier molecular flexibility index (Phi) is 6.39. The molecular weight excluding hydrogens is 356 g/mol. The van der Waals surface area contributed by atoms with E-state index in [0.717, 1.165) is 0 Å². The Morgan fingerprint density at radius 2 is 1.89 bits per heavy atom. The van der Waals surface area contributed by atoms with Crippen molar-refractivity contribution >= 4 is 22.5 Å². The fourth-order valence-electron chi connectivity index (χ4n) is 2.95. The summed E-state index contributed by atoms with van der Waals surface area (Å²) in [6.45, 7) is 5.56. The molecule has 0 aliphatic heterocycles. The molecule has 0 fully saturated rings. The molecule has 0 aliphatic carbocycles. The minimum atomic E-state index is -0.174. The van der Waals surface area contributed by atoms with Crippen LogP contribution in [0, 0.1) is 0 Å². The first-order chi connectivity index (χ1) is 13.6. The number of carbonyl (C=O) groups is 1. The molecule has 3 rings (SSSR count). The van der Waals surface area contributed by atoms with Gasteiger partial charge in [-0.25, -0.2) is 4.98 Å². The summed E-state index contributed by atoms with van der Waals surface area (Å²) in [7, 11) is 0. The number of nitrogens with zero attached hydrogens (tertiary/aromatic N) is 2. The summed E-state index contributed by atoms with van der Waals surface area (Å²) in [6, 6.07) is 14.5. The Hall–Kier alpha value is -3.19. The predicted octanol–water partition coefficient (Wildman–Crippen LogP) is 2.78. The monoisotopic (exact) mass is 380 g/mol. The normalized spacial score (nSPS) is 11.0. The molecule has 146 valence electrons. The van der Waals surface area contributed by atoms with E-state index in [1.807, 2.05) is 61.2 Å². The van der Waals surface area contributed by atoms with Crippen LogP contribution in [0.1, 0.15) is 19.7 Å². The molecule has 0 unspecified atom stereocenters. The number of benzene rings is 2. The van der Waals surface area contributed by atoms with Crippen molar-refractivity contribution in [3.05, 3.63) is 64.7 Å². The highest BCUT2D eigenvalue weighted by atomic mass is 16.5. The van der Waals surface area contributed by atoms with Crippen LogP contribution in [0.15, 0.2) is 53.3 Å². The second-order valence-corrected chi connectivity index (χ2v) is 6.31. The van der Waals surface area contributed by atoms with Crippen molar-refractivity contribution in [2.45, 2.75) is 20.4 Å². The smallest absolute Gasteiger partial charge is 0.258 e. The molecule has 0 saturated carbocycles. The Morgan fingerprint density at radius 1 is 1.14 bits per heavy atom. The van der Waals surface area contributed by atoms with Crippen LogP contribution in [0.4, 0.5) is 5.69 Å². The lowest BCUT2D eigenvalue weighted by molar-refractivity contribution is -0.117. The molecule has 3 aromatic rings. The van der Waals surface area contributed by atoms with Gasteiger partial charge in [0, 0.05) is 0 Å². The Balaban J connectivity index is 1.69. The lowest BCUT2D eigenvalue weighted by Gasteiger charge is -2.20. The predicted molar refractivity (Wildman–Crippen MR) is 110 cm³/mol. The zero-order valence-corrected chi connectivity index (χ0v) is 16.1. The van der Waals surface area contributed by atoms with Gasteiger partial charge in [0.2, 0.25) is 5.91 Å². The number of carbonyl (C=O) groups excluding carboxylic acids is 1. The molecule has 1 amide bonds. The van der Waals surface area contributed by atoms with E-state index >= 15 is 0 Å². The molecule has 0 spiro atoms. The third-order valence-corrected chi connectivity index (χ3v) is 4.31. The first-order valence-corrected chi connectivity index (χ1v) is 9.32. The van der Waals surface area contributed by atoms with Crippen LogP contribution >= 0.6 is 0 Å². The number of anilines is 1. The van der Waals surface area contributed by atoms with Crippen LogP contribution < -0.4 is 15.6 Å². The van der Waals surface area contributed by atoms with Crippen molar-refractivity contribution in [2.75, 3.05) is 25.0 Å². The van der Waals surface area contributed by atoms with Crippen molar-refractivity contribution in [3.8, 4) is 5.75 Å². The van der Waals surface area contributed by atoms with Crippen LogP contribution in [0.3, 0.4) is 0 Å². The number of hydrogen-bond acceptors (Lipinski definition) is 5. The first kappa shape index (κ1) is 19.6. The van der Waals surface area contributed by atoms with Gasteiger partial charge in [-0.3, -0.25) is 14.5 Å². The van der Waals surface area contributed by atoms with E-state index in [2.05, 4.69) is 15.3 Å². The highest BCUT2D eigenvalue weighted by Gasteiger charge is 2.14. The van der Waals surface area contributed by atoms with Gasteiger partial charge in [-0.15, -0.1) is 0 Å². The summed E-state index contributed by atoms with van der Waals surface area (Å²) in [5, 5.41) is 3.44. The van der Waals surface area contributed by atoms with E-state index in [1.165, 1.54) is 0 Å². The minimum absolute atomic E-state index is 0.155. The fourth-order valence-corrected chi connectivity index (χ4v) is 2.95. The van der Waals surface area contributed by atoms with Gasteiger partial charge >= 0.3 is 0 Å². The van der Waals surface area contributed by atoms with E-state index < -0.39 is 0 Å². The molecular formula is C21H24N4O3. The molecule has 2 aromatic carbocycles. The van der Waals surface area contributed by atoms with Gasteiger partial charge < -0.3 is 15.0 Å². The van der Waals surface area contributed by atoms with Crippen molar-refractivity contribution in [3.63, 3.8) is 0 Å². The highest BCUT2D eigenvalue weighted by Crippen LogP contribution is 2.23. The Bertz CT molecular complexity index is 1020. The van der Waals surface area contributed by atoms with E-state index in [1.54, 1.807) is 6.07 Å². The average molecular weight is 380 g/mol. The summed E-state index contributed by atoms with van der Waals surface area (Å²) in [5.41, 5.74) is 1.11. The maximum absolute atomic E-state index is 12.5. The second kappa shape index (κ2) is 9.14.